The van der Waals surface area contributed by atoms with Gasteiger partial charge in [-0.3, -0.25) is 9.69 Å². The highest BCUT2D eigenvalue weighted by Crippen LogP contribution is 2.64. The van der Waals surface area contributed by atoms with Crippen LogP contribution in [0.15, 0.2) is 96.1 Å². The second-order valence-electron chi connectivity index (χ2n) is 19.9. The number of benzene rings is 3. The van der Waals surface area contributed by atoms with Crippen LogP contribution in [0.2, 0.25) is 0 Å². The minimum Gasteiger partial charge on any atom is -0.497 e. The Morgan fingerprint density at radius 1 is 0.833 bits per heavy atom. The molecule has 3 aromatic carbocycles. The Hall–Kier alpha value is -5.16. The first-order valence-electron chi connectivity index (χ1n) is 22.4. The summed E-state index contributed by atoms with van der Waals surface area (Å²) < 4.78 is 49.1. The Bertz CT molecular complexity index is 2360. The van der Waals surface area contributed by atoms with Gasteiger partial charge in [0.05, 0.1) is 36.9 Å². The van der Waals surface area contributed by atoms with Crippen molar-refractivity contribution in [1.82, 2.24) is 4.90 Å². The predicted molar refractivity (Wildman–Crippen MR) is 237 cm³/mol. The zero-order valence-electron chi connectivity index (χ0n) is 39.1. The van der Waals surface area contributed by atoms with Gasteiger partial charge >= 0.3 is 18.0 Å². The number of ketones is 1. The Morgan fingerprint density at radius 3 is 2.03 bits per heavy atom. The Balaban J connectivity index is 1.27. The van der Waals surface area contributed by atoms with Gasteiger partial charge in [0.2, 0.25) is 0 Å². The van der Waals surface area contributed by atoms with Crippen LogP contribution in [0.4, 0.5) is 4.79 Å². The monoisotopic (exact) mass is 911 g/mol. The van der Waals surface area contributed by atoms with Gasteiger partial charge in [-0.15, -0.1) is 0 Å². The standard InChI is InChI=1S/C51H61NO14/c1-28-33(63-45(55)39-37(29-17-13-11-14-18-29)52(46(56)66-47(2,3)4)43(64-39)30-21-23-32(59-8)24-22-30)26-51(58)42(65-44(54)31-19-15-12-16-20-31)40-49(7,34(60-9)25-35-50(40,57)27-62-35)41(53)38(61-10)36(28)48(51,5)6/h11-24,33-35,37-40,42-43,57-58H,25-27H2,1-10H3/t33-,34-,35+,37?,38+,39?,40?,42-,43?,49+,50-,51+/m0/s1. The lowest BCUT2D eigenvalue weighted by atomic mass is 9.44. The number of carbonyl (C=O) groups excluding carboxylic acids is 4. The minimum atomic E-state index is -2.17. The molecule has 66 heavy (non-hydrogen) atoms. The van der Waals surface area contributed by atoms with Crippen molar-refractivity contribution >= 4 is 23.8 Å². The molecular weight excluding hydrogens is 851 g/mol. The van der Waals surface area contributed by atoms with Crippen molar-refractivity contribution in [3.05, 3.63) is 113 Å². The minimum absolute atomic E-state index is 0.142. The Labute approximate surface area is 385 Å². The van der Waals surface area contributed by atoms with Crippen molar-refractivity contribution in [1.29, 1.82) is 0 Å². The highest BCUT2D eigenvalue weighted by molar-refractivity contribution is 5.94. The molecule has 2 heterocycles. The van der Waals surface area contributed by atoms with E-state index in [1.165, 1.54) is 26.2 Å². The largest absolute Gasteiger partial charge is 0.497 e. The van der Waals surface area contributed by atoms with Crippen molar-refractivity contribution in [3.8, 4) is 5.75 Å². The number of hydrogen-bond acceptors (Lipinski definition) is 14. The van der Waals surface area contributed by atoms with E-state index in [2.05, 4.69) is 0 Å². The van der Waals surface area contributed by atoms with Crippen LogP contribution in [-0.4, -0.2) is 120 Å². The molecule has 5 aliphatic rings. The van der Waals surface area contributed by atoms with Gasteiger partial charge in [0.1, 0.15) is 46.9 Å². The Kier molecular flexibility index (Phi) is 12.3. The topological polar surface area (TPSA) is 186 Å². The molecule has 3 aliphatic carbocycles. The quantitative estimate of drug-likeness (QED) is 0.136. The van der Waals surface area contributed by atoms with E-state index in [4.69, 9.17) is 37.9 Å². The zero-order valence-corrected chi connectivity index (χ0v) is 39.1. The van der Waals surface area contributed by atoms with Crippen LogP contribution in [0.25, 0.3) is 0 Å². The lowest BCUT2D eigenvalue weighted by Gasteiger charge is -2.67. The first-order chi connectivity index (χ1) is 31.2. The van der Waals surface area contributed by atoms with Crippen LogP contribution in [0.3, 0.4) is 0 Å². The van der Waals surface area contributed by atoms with E-state index in [9.17, 15) is 19.8 Å². The number of fused-ring (bicyclic) bond motifs is 5. The van der Waals surface area contributed by atoms with E-state index in [0.717, 1.165) is 0 Å². The van der Waals surface area contributed by atoms with Crippen molar-refractivity contribution in [3.63, 3.8) is 0 Å². The molecule has 3 aromatic rings. The van der Waals surface area contributed by atoms with Gasteiger partial charge in [-0.1, -0.05) is 74.5 Å². The third-order valence-corrected chi connectivity index (χ3v) is 14.8. The van der Waals surface area contributed by atoms with Crippen LogP contribution in [0, 0.1) is 16.7 Å². The summed E-state index contributed by atoms with van der Waals surface area (Å²) in [6.07, 6.45) is -9.48. The van der Waals surface area contributed by atoms with Gasteiger partial charge in [0.25, 0.3) is 0 Å². The molecule has 15 heteroatoms. The summed E-state index contributed by atoms with van der Waals surface area (Å²) >= 11 is 0. The van der Waals surface area contributed by atoms with E-state index < -0.39 is 106 Å². The van der Waals surface area contributed by atoms with Gasteiger partial charge in [-0.25, -0.2) is 14.4 Å². The number of hydrogen-bond donors (Lipinski definition) is 2. The summed E-state index contributed by atoms with van der Waals surface area (Å²) in [5.41, 5.74) is -5.92. The summed E-state index contributed by atoms with van der Waals surface area (Å²) in [5.74, 6) is -2.91. The number of Topliss-reactive ketones (excluding diaryl/α,β-unsaturated/α-hetero) is 1. The van der Waals surface area contributed by atoms with E-state index in [0.29, 0.717) is 28.0 Å². The fourth-order valence-electron chi connectivity index (χ4n) is 11.4. The first-order valence-corrected chi connectivity index (χ1v) is 22.4. The summed E-state index contributed by atoms with van der Waals surface area (Å²) in [6.45, 7) is 11.9. The third-order valence-electron chi connectivity index (χ3n) is 14.8. The van der Waals surface area contributed by atoms with Crippen molar-refractivity contribution < 1.29 is 67.3 Å². The van der Waals surface area contributed by atoms with E-state index in [-0.39, 0.29) is 25.0 Å². The van der Waals surface area contributed by atoms with Gasteiger partial charge in [0.15, 0.2) is 18.1 Å². The number of rotatable bonds is 9. The van der Waals surface area contributed by atoms with Gasteiger partial charge in [-0.2, -0.15) is 0 Å². The molecule has 0 spiro atoms. The number of nitrogens with zero attached hydrogens (tertiary/aromatic N) is 1. The molecular formula is C51H61NO14. The number of ether oxygens (including phenoxy) is 8. The average Bonchev–Trinajstić information content (AvgIpc) is 3.69. The van der Waals surface area contributed by atoms with Gasteiger partial charge < -0.3 is 48.1 Å². The summed E-state index contributed by atoms with van der Waals surface area (Å²) in [6, 6.07) is 23.0. The fourth-order valence-corrected chi connectivity index (χ4v) is 11.4. The van der Waals surface area contributed by atoms with Crippen LogP contribution in [0.1, 0.15) is 95.1 Å². The van der Waals surface area contributed by atoms with Crippen molar-refractivity contribution in [2.24, 2.45) is 16.7 Å². The Morgan fingerprint density at radius 2 is 1.47 bits per heavy atom. The smallest absolute Gasteiger partial charge is 0.413 e. The number of esters is 2. The maximum absolute atomic E-state index is 15.6. The first kappa shape index (κ1) is 47.3. The average molecular weight is 912 g/mol. The maximum Gasteiger partial charge on any atom is 0.413 e. The molecule has 0 radical (unpaired) electrons. The molecule has 354 valence electrons. The molecule has 2 saturated heterocycles. The molecule has 2 aliphatic heterocycles. The normalized spacial score (nSPS) is 34.8. The molecule has 2 N–H and O–H groups in total. The number of aliphatic hydroxyl groups is 2. The summed E-state index contributed by atoms with van der Waals surface area (Å²) in [4.78, 5) is 60.8. The molecule has 1 amide bonds. The fraction of sp³-hybridized carbons (Fsp3) is 0.529. The predicted octanol–water partition coefficient (Wildman–Crippen LogP) is 6.45. The molecule has 4 unspecified atom stereocenters. The molecule has 4 fully saturated rings. The lowest BCUT2D eigenvalue weighted by Crippen LogP contribution is -2.81. The van der Waals surface area contributed by atoms with E-state index in [1.807, 2.05) is 6.07 Å². The van der Waals surface area contributed by atoms with Crippen LogP contribution >= 0.6 is 0 Å². The van der Waals surface area contributed by atoms with Crippen LogP contribution < -0.4 is 4.74 Å². The zero-order chi connectivity index (χ0) is 47.7. The third kappa shape index (κ3) is 7.52. The highest BCUT2D eigenvalue weighted by Gasteiger charge is 2.77. The summed E-state index contributed by atoms with van der Waals surface area (Å²) in [5, 5.41) is 26.6. The van der Waals surface area contributed by atoms with E-state index in [1.54, 1.807) is 127 Å². The highest BCUT2D eigenvalue weighted by atomic mass is 16.6. The molecule has 8 rings (SSSR count). The second-order valence-corrected chi connectivity index (χ2v) is 19.9. The van der Waals surface area contributed by atoms with Gasteiger partial charge in [0, 0.05) is 44.0 Å². The molecule has 12 atom stereocenters. The molecule has 15 nitrogen and oxygen atoms in total. The number of methoxy groups -OCH3 is 3. The van der Waals surface area contributed by atoms with Crippen LogP contribution in [-0.2, 0) is 42.7 Å². The SMILES string of the molecule is COc1ccc(C2OC(C(=O)O[C@H]3C[C@@]4(O)[C@@H](OC(=O)c5ccccc5)C5[C@]6(O)CO[C@@H]6C[C@H](OC)[C@@]5(C)C(=O)[C@H](OC)C(=C3C)C4(C)C)C(c3ccccc3)N2C(=O)OC(C)(C)C)cc1. The number of carbonyl (C=O) groups is 4. The van der Waals surface area contributed by atoms with Crippen molar-refractivity contribution in [2.45, 2.75) is 127 Å². The lowest BCUT2D eigenvalue weighted by molar-refractivity contribution is -0.345. The molecule has 2 bridgehead atoms. The second kappa shape index (κ2) is 17.2. The molecule has 2 saturated carbocycles. The maximum atomic E-state index is 15.6. The summed E-state index contributed by atoms with van der Waals surface area (Å²) in [7, 11) is 4.38. The van der Waals surface area contributed by atoms with Gasteiger partial charge in [-0.05, 0) is 75.6 Å². The van der Waals surface area contributed by atoms with E-state index >= 15 is 9.59 Å². The number of amides is 1. The van der Waals surface area contributed by atoms with Crippen molar-refractivity contribution in [2.75, 3.05) is 27.9 Å². The van der Waals surface area contributed by atoms with Crippen LogP contribution in [0.5, 0.6) is 5.75 Å². The molecule has 0 aromatic heterocycles.